The topological polar surface area (TPSA) is 18.5 Å². The van der Waals surface area contributed by atoms with Gasteiger partial charge in [0.15, 0.2) is 0 Å². The Hall–Kier alpha value is -0.505. The molecule has 2 rings (SSSR count). The minimum absolute atomic E-state index is 0.102. The van der Waals surface area contributed by atoms with Crippen molar-refractivity contribution in [1.82, 2.24) is 0 Å². The highest BCUT2D eigenvalue weighted by atomic mass is 35.5. The molecule has 1 aliphatic heterocycles. The summed E-state index contributed by atoms with van der Waals surface area (Å²) in [6, 6.07) is 3.95. The van der Waals surface area contributed by atoms with Crippen molar-refractivity contribution in [3.8, 4) is 0 Å². The van der Waals surface area contributed by atoms with E-state index in [0.717, 1.165) is 35.7 Å². The molecule has 0 spiro atoms. The molecular weight excluding hydrogens is 246 g/mol. The molecule has 0 N–H and O–H groups in total. The van der Waals surface area contributed by atoms with E-state index in [4.69, 9.17) is 20.9 Å². The molecule has 0 atom stereocenters. The van der Waals surface area contributed by atoms with E-state index in [-0.39, 0.29) is 12.5 Å². The molecule has 0 unspecified atom stereocenters. The fraction of sp³-hybridized carbons (Fsp3) is 0.571. The number of rotatable bonds is 2. The highest BCUT2D eigenvalue weighted by Crippen LogP contribution is 2.24. The molecule has 0 aliphatic carbocycles. The van der Waals surface area contributed by atoms with Gasteiger partial charge < -0.3 is 9.31 Å². The fourth-order valence-corrected chi connectivity index (χ4v) is 2.49. The summed E-state index contributed by atoms with van der Waals surface area (Å²) in [5.74, 6) is 0. The molecule has 0 saturated carbocycles. The number of hydrogen-bond donors (Lipinski definition) is 0. The molecule has 1 aliphatic rings. The molecule has 0 radical (unpaired) electrons. The van der Waals surface area contributed by atoms with Crippen LogP contribution in [0.15, 0.2) is 12.1 Å². The van der Waals surface area contributed by atoms with Crippen molar-refractivity contribution >= 4 is 24.2 Å². The highest BCUT2D eigenvalue weighted by Gasteiger charge is 2.34. The summed E-state index contributed by atoms with van der Waals surface area (Å²) < 4.78 is 11.7. The maximum Gasteiger partial charge on any atom is 0.494 e. The standard InChI is InChI=1S/C14H20BClO2/c1-5-11-10(2)13(16)7-6-12(11)15-17-8-14(3,4)9-18-15/h6-7H,5,8-9H2,1-4H3. The van der Waals surface area contributed by atoms with Crippen LogP contribution in [0, 0.1) is 12.3 Å². The summed E-state index contributed by atoms with van der Waals surface area (Å²) in [6.07, 6.45) is 0.939. The van der Waals surface area contributed by atoms with E-state index < -0.39 is 0 Å². The van der Waals surface area contributed by atoms with Crippen LogP contribution in [0.3, 0.4) is 0 Å². The fourth-order valence-electron chi connectivity index (χ4n) is 2.31. The van der Waals surface area contributed by atoms with Gasteiger partial charge in [0.1, 0.15) is 0 Å². The Morgan fingerprint density at radius 2 is 1.89 bits per heavy atom. The zero-order chi connectivity index (χ0) is 13.3. The lowest BCUT2D eigenvalue weighted by Gasteiger charge is -2.33. The van der Waals surface area contributed by atoms with E-state index >= 15 is 0 Å². The van der Waals surface area contributed by atoms with Gasteiger partial charge in [-0.2, -0.15) is 0 Å². The molecule has 1 saturated heterocycles. The second-order valence-corrected chi connectivity index (χ2v) is 6.12. The predicted octanol–water partition coefficient (Wildman–Crippen LogP) is 2.98. The van der Waals surface area contributed by atoms with E-state index in [0.29, 0.717) is 0 Å². The second kappa shape index (κ2) is 5.24. The van der Waals surface area contributed by atoms with Crippen molar-refractivity contribution in [1.29, 1.82) is 0 Å². The van der Waals surface area contributed by atoms with E-state index in [1.54, 1.807) is 0 Å². The lowest BCUT2D eigenvalue weighted by atomic mass is 9.72. The summed E-state index contributed by atoms with van der Waals surface area (Å²) in [5.41, 5.74) is 3.60. The zero-order valence-corrected chi connectivity index (χ0v) is 12.3. The highest BCUT2D eigenvalue weighted by molar-refractivity contribution is 6.62. The van der Waals surface area contributed by atoms with Crippen molar-refractivity contribution in [2.75, 3.05) is 13.2 Å². The molecule has 1 aromatic carbocycles. The Labute approximate surface area is 115 Å². The summed E-state index contributed by atoms with van der Waals surface area (Å²) in [7, 11) is -0.246. The Kier molecular flexibility index (Phi) is 4.05. The molecule has 0 aromatic heterocycles. The van der Waals surface area contributed by atoms with Gasteiger partial charge in [0.25, 0.3) is 0 Å². The zero-order valence-electron chi connectivity index (χ0n) is 11.5. The quantitative estimate of drug-likeness (QED) is 0.766. The minimum Gasteiger partial charge on any atom is -0.407 e. The lowest BCUT2D eigenvalue weighted by Crippen LogP contribution is -2.48. The van der Waals surface area contributed by atoms with Crippen LogP contribution >= 0.6 is 11.6 Å². The summed E-state index contributed by atoms with van der Waals surface area (Å²) in [4.78, 5) is 0. The minimum atomic E-state index is -0.246. The van der Waals surface area contributed by atoms with Gasteiger partial charge in [0, 0.05) is 23.7 Å². The van der Waals surface area contributed by atoms with Crippen LogP contribution in [0.1, 0.15) is 31.9 Å². The van der Waals surface area contributed by atoms with Crippen molar-refractivity contribution in [2.24, 2.45) is 5.41 Å². The van der Waals surface area contributed by atoms with E-state index in [2.05, 4.69) is 27.7 Å². The van der Waals surface area contributed by atoms with E-state index in [9.17, 15) is 0 Å². The van der Waals surface area contributed by atoms with Crippen molar-refractivity contribution in [2.45, 2.75) is 34.1 Å². The van der Waals surface area contributed by atoms with Crippen molar-refractivity contribution < 1.29 is 9.31 Å². The van der Waals surface area contributed by atoms with Crippen LogP contribution in [0.5, 0.6) is 0 Å². The van der Waals surface area contributed by atoms with Crippen LogP contribution in [-0.4, -0.2) is 20.3 Å². The molecule has 1 heterocycles. The number of halogens is 1. The average molecular weight is 267 g/mol. The first-order valence-corrected chi connectivity index (χ1v) is 6.83. The van der Waals surface area contributed by atoms with Gasteiger partial charge in [-0.1, -0.05) is 38.4 Å². The first-order valence-electron chi connectivity index (χ1n) is 6.45. The Bertz CT molecular complexity index is 436. The van der Waals surface area contributed by atoms with Crippen molar-refractivity contribution in [3.05, 3.63) is 28.3 Å². The SMILES string of the molecule is CCc1c(B2OCC(C)(C)CO2)ccc(Cl)c1C. The van der Waals surface area contributed by atoms with Crippen LogP contribution < -0.4 is 5.46 Å². The van der Waals surface area contributed by atoms with E-state index in [1.807, 2.05) is 12.1 Å². The first kappa shape index (κ1) is 13.9. The molecule has 2 nitrogen and oxygen atoms in total. The molecule has 18 heavy (non-hydrogen) atoms. The van der Waals surface area contributed by atoms with Crippen LogP contribution in [0.4, 0.5) is 0 Å². The third kappa shape index (κ3) is 2.74. The van der Waals surface area contributed by atoms with Gasteiger partial charge in [-0.05, 0) is 36.0 Å². The van der Waals surface area contributed by atoms with Crippen LogP contribution in [0.2, 0.25) is 5.02 Å². The van der Waals surface area contributed by atoms with Gasteiger partial charge >= 0.3 is 7.12 Å². The first-order chi connectivity index (χ1) is 8.44. The summed E-state index contributed by atoms with van der Waals surface area (Å²) >= 11 is 6.17. The van der Waals surface area contributed by atoms with Crippen LogP contribution in [-0.2, 0) is 15.7 Å². The number of benzene rings is 1. The Morgan fingerprint density at radius 1 is 1.28 bits per heavy atom. The molecule has 1 aromatic rings. The molecule has 4 heteroatoms. The molecular formula is C14H20BClO2. The van der Waals surface area contributed by atoms with E-state index in [1.165, 1.54) is 5.56 Å². The number of hydrogen-bond acceptors (Lipinski definition) is 2. The Balaban J connectivity index is 2.27. The largest absolute Gasteiger partial charge is 0.494 e. The van der Waals surface area contributed by atoms with Crippen molar-refractivity contribution in [3.63, 3.8) is 0 Å². The molecule has 0 bridgehead atoms. The maximum atomic E-state index is 6.17. The van der Waals surface area contributed by atoms with Gasteiger partial charge in [0.2, 0.25) is 0 Å². The van der Waals surface area contributed by atoms with Gasteiger partial charge in [-0.15, -0.1) is 0 Å². The third-order valence-electron chi connectivity index (χ3n) is 3.43. The summed E-state index contributed by atoms with van der Waals surface area (Å²) in [6.45, 7) is 9.94. The van der Waals surface area contributed by atoms with Gasteiger partial charge in [0.05, 0.1) is 0 Å². The molecule has 0 amide bonds. The lowest BCUT2D eigenvalue weighted by molar-refractivity contribution is 0.0342. The average Bonchev–Trinajstić information content (AvgIpc) is 2.33. The Morgan fingerprint density at radius 3 is 2.44 bits per heavy atom. The normalized spacial score (nSPS) is 19.1. The monoisotopic (exact) mass is 266 g/mol. The second-order valence-electron chi connectivity index (χ2n) is 5.71. The third-order valence-corrected chi connectivity index (χ3v) is 3.84. The molecule has 98 valence electrons. The predicted molar refractivity (Wildman–Crippen MR) is 76.6 cm³/mol. The van der Waals surface area contributed by atoms with Crippen LogP contribution in [0.25, 0.3) is 0 Å². The molecule has 1 fully saturated rings. The van der Waals surface area contributed by atoms with Gasteiger partial charge in [-0.3, -0.25) is 0 Å². The van der Waals surface area contributed by atoms with Gasteiger partial charge in [-0.25, -0.2) is 0 Å². The maximum absolute atomic E-state index is 6.17. The summed E-state index contributed by atoms with van der Waals surface area (Å²) in [5, 5.41) is 0.812. The smallest absolute Gasteiger partial charge is 0.407 e.